The van der Waals surface area contributed by atoms with Crippen LogP contribution in [0.2, 0.25) is 0 Å². The Balaban J connectivity index is 0.000000236. The minimum Gasteiger partial charge on any atom is -0.378 e. The van der Waals surface area contributed by atoms with Gasteiger partial charge in [0.25, 0.3) is 0 Å². The summed E-state index contributed by atoms with van der Waals surface area (Å²) in [5, 5.41) is 4.39. The van der Waals surface area contributed by atoms with Crippen LogP contribution in [-0.2, 0) is 15.1 Å². The van der Waals surface area contributed by atoms with E-state index in [1.807, 2.05) is 30.4 Å². The molecule has 2 saturated heterocycles. The van der Waals surface area contributed by atoms with Crippen molar-refractivity contribution in [1.29, 1.82) is 0 Å². The van der Waals surface area contributed by atoms with Crippen LogP contribution in [0.15, 0.2) is 53.1 Å². The summed E-state index contributed by atoms with van der Waals surface area (Å²) in [5.74, 6) is 0.986. The molecule has 4 rings (SSSR count). The second kappa shape index (κ2) is 9.52. The summed E-state index contributed by atoms with van der Waals surface area (Å²) in [5.41, 5.74) is 1.15. The van der Waals surface area contributed by atoms with E-state index < -0.39 is 5.54 Å². The summed E-state index contributed by atoms with van der Waals surface area (Å²) >= 11 is 1.69. The molecule has 0 aromatic heterocycles. The van der Waals surface area contributed by atoms with Gasteiger partial charge >= 0.3 is 0 Å². The molecule has 150 valence electrons. The van der Waals surface area contributed by atoms with Crippen molar-refractivity contribution in [2.24, 2.45) is 10.9 Å². The molecule has 1 aliphatic carbocycles. The van der Waals surface area contributed by atoms with Crippen molar-refractivity contribution >= 4 is 23.2 Å². The van der Waals surface area contributed by atoms with Gasteiger partial charge in [0.2, 0.25) is 0 Å². The minimum absolute atomic E-state index is 0.113. The van der Waals surface area contributed by atoms with Crippen LogP contribution in [-0.4, -0.2) is 37.0 Å². The molecular formula is C22H27FN2O2S. The lowest BCUT2D eigenvalue weighted by Crippen LogP contribution is -2.61. The number of allylic oxidation sites excluding steroid dienone is 4. The summed E-state index contributed by atoms with van der Waals surface area (Å²) in [7, 11) is 1.77. The molecule has 0 spiro atoms. The molecule has 3 unspecified atom stereocenters. The first-order valence-corrected chi connectivity index (χ1v) is 10.7. The molecule has 0 radical (unpaired) electrons. The zero-order valence-corrected chi connectivity index (χ0v) is 17.2. The molecule has 2 aliphatic heterocycles. The van der Waals surface area contributed by atoms with Gasteiger partial charge in [-0.3, -0.25) is 9.79 Å². The summed E-state index contributed by atoms with van der Waals surface area (Å²) in [6.45, 7) is 2.72. The fourth-order valence-electron chi connectivity index (χ4n) is 4.00. The fraction of sp³-hybridized carbons (Fsp3) is 0.455. The monoisotopic (exact) mass is 402 g/mol. The molecule has 0 amide bonds. The highest BCUT2D eigenvalue weighted by molar-refractivity contribution is 8.13. The topological polar surface area (TPSA) is 50.7 Å². The zero-order chi connectivity index (χ0) is 20.0. The highest BCUT2D eigenvalue weighted by Crippen LogP contribution is 2.45. The van der Waals surface area contributed by atoms with E-state index in [-0.39, 0.29) is 17.8 Å². The number of rotatable bonds is 2. The second-order valence-corrected chi connectivity index (χ2v) is 8.16. The number of carbonyl (C=O) groups is 1. The van der Waals surface area contributed by atoms with E-state index in [9.17, 15) is 9.18 Å². The molecular weight excluding hydrogens is 375 g/mol. The molecule has 3 atom stereocenters. The maximum Gasteiger partial charge on any atom is 0.156 e. The molecule has 2 heterocycles. The quantitative estimate of drug-likeness (QED) is 0.752. The number of aliphatic imine (C=N–C) groups is 1. The predicted molar refractivity (Wildman–Crippen MR) is 113 cm³/mol. The number of amidine groups is 1. The number of nitrogens with one attached hydrogen (secondary N) is 1. The molecule has 3 aliphatic rings. The van der Waals surface area contributed by atoms with Gasteiger partial charge in [-0.25, -0.2) is 4.39 Å². The van der Waals surface area contributed by atoms with E-state index in [2.05, 4.69) is 17.2 Å². The SMILES string of the molecule is CN=C1NC2(c3ccccc3F)CCOC(C)C2CS1.O=CC1=CCCC=C1. The van der Waals surface area contributed by atoms with Gasteiger partial charge in [0.15, 0.2) is 5.17 Å². The lowest BCUT2D eigenvalue weighted by Gasteiger charge is -2.51. The van der Waals surface area contributed by atoms with Crippen LogP contribution in [0.25, 0.3) is 0 Å². The third kappa shape index (κ3) is 4.39. The first-order valence-electron chi connectivity index (χ1n) is 9.67. The Kier molecular flexibility index (Phi) is 7.08. The van der Waals surface area contributed by atoms with Crippen molar-refractivity contribution in [2.45, 2.75) is 37.8 Å². The van der Waals surface area contributed by atoms with E-state index in [0.29, 0.717) is 6.61 Å². The van der Waals surface area contributed by atoms with Gasteiger partial charge in [-0.15, -0.1) is 0 Å². The first-order chi connectivity index (χ1) is 13.6. The van der Waals surface area contributed by atoms with Crippen LogP contribution >= 0.6 is 11.8 Å². The Morgan fingerprint density at radius 1 is 1.36 bits per heavy atom. The predicted octanol–water partition coefficient (Wildman–Crippen LogP) is 4.23. The minimum atomic E-state index is -0.400. The van der Waals surface area contributed by atoms with Gasteiger partial charge in [0.1, 0.15) is 12.1 Å². The van der Waals surface area contributed by atoms with Crippen LogP contribution in [0.3, 0.4) is 0 Å². The summed E-state index contributed by atoms with van der Waals surface area (Å²) in [6.07, 6.45) is 9.69. The second-order valence-electron chi connectivity index (χ2n) is 7.15. The fourth-order valence-corrected chi connectivity index (χ4v) is 5.28. The molecule has 1 aromatic rings. The Labute approximate surface area is 170 Å². The molecule has 28 heavy (non-hydrogen) atoms. The highest BCUT2D eigenvalue weighted by atomic mass is 32.2. The van der Waals surface area contributed by atoms with Crippen molar-refractivity contribution in [2.75, 3.05) is 19.4 Å². The first kappa shape index (κ1) is 20.8. The van der Waals surface area contributed by atoms with Crippen LogP contribution in [0, 0.1) is 11.7 Å². The lowest BCUT2D eigenvalue weighted by atomic mass is 9.72. The smallest absolute Gasteiger partial charge is 0.156 e. The Bertz CT molecular complexity index is 792. The van der Waals surface area contributed by atoms with Crippen LogP contribution in [0.1, 0.15) is 31.7 Å². The van der Waals surface area contributed by atoms with Gasteiger partial charge in [-0.1, -0.05) is 48.2 Å². The van der Waals surface area contributed by atoms with Crippen LogP contribution in [0.4, 0.5) is 4.39 Å². The van der Waals surface area contributed by atoms with E-state index in [4.69, 9.17) is 4.74 Å². The number of nitrogens with zero attached hydrogens (tertiary/aromatic N) is 1. The zero-order valence-electron chi connectivity index (χ0n) is 16.4. The van der Waals surface area contributed by atoms with Crippen molar-refractivity contribution in [3.05, 3.63) is 59.4 Å². The van der Waals surface area contributed by atoms with Gasteiger partial charge in [0.05, 0.1) is 11.6 Å². The van der Waals surface area contributed by atoms with Gasteiger partial charge in [-0.2, -0.15) is 0 Å². The Morgan fingerprint density at radius 3 is 2.82 bits per heavy atom. The number of carbonyl (C=O) groups excluding carboxylic acids is 1. The third-order valence-electron chi connectivity index (χ3n) is 5.52. The third-order valence-corrected chi connectivity index (χ3v) is 6.61. The number of thioether (sulfide) groups is 1. The van der Waals surface area contributed by atoms with Gasteiger partial charge in [0, 0.05) is 36.5 Å². The molecule has 2 fully saturated rings. The van der Waals surface area contributed by atoms with Crippen LogP contribution < -0.4 is 5.32 Å². The van der Waals surface area contributed by atoms with Gasteiger partial charge < -0.3 is 10.1 Å². The van der Waals surface area contributed by atoms with Crippen LogP contribution in [0.5, 0.6) is 0 Å². The maximum absolute atomic E-state index is 14.4. The van der Waals surface area contributed by atoms with Crippen molar-refractivity contribution < 1.29 is 13.9 Å². The summed E-state index contributed by atoms with van der Waals surface area (Å²) in [6, 6.07) is 7.06. The van der Waals surface area contributed by atoms with E-state index >= 15 is 0 Å². The number of halogens is 1. The van der Waals surface area contributed by atoms with Crippen molar-refractivity contribution in [3.63, 3.8) is 0 Å². The number of hydrogen-bond donors (Lipinski definition) is 1. The van der Waals surface area contributed by atoms with E-state index in [0.717, 1.165) is 47.6 Å². The van der Waals surface area contributed by atoms with Crippen molar-refractivity contribution in [1.82, 2.24) is 5.32 Å². The molecule has 4 nitrogen and oxygen atoms in total. The number of fused-ring (bicyclic) bond motifs is 1. The summed E-state index contributed by atoms with van der Waals surface area (Å²) < 4.78 is 20.2. The summed E-state index contributed by atoms with van der Waals surface area (Å²) in [4.78, 5) is 14.3. The van der Waals surface area contributed by atoms with E-state index in [1.165, 1.54) is 6.07 Å². The average Bonchev–Trinajstić information content (AvgIpc) is 2.75. The number of hydrogen-bond acceptors (Lipinski definition) is 4. The molecule has 1 N–H and O–H groups in total. The highest BCUT2D eigenvalue weighted by Gasteiger charge is 2.50. The standard InChI is InChI=1S/C15H19FN2OS.C7H8O/c1-10-12-9-20-14(17-2)18-15(12,7-8-19-10)11-5-3-4-6-13(11)16;8-6-7-4-2-1-3-5-7/h3-6,10,12H,7-9H2,1-2H3,(H,17,18);2,4-6H,1,3H2. The average molecular weight is 403 g/mol. The number of ether oxygens (including phenoxy) is 1. The largest absolute Gasteiger partial charge is 0.378 e. The molecule has 6 heteroatoms. The number of benzene rings is 1. The molecule has 0 bridgehead atoms. The normalized spacial score (nSPS) is 30.4. The van der Waals surface area contributed by atoms with Gasteiger partial charge in [-0.05, 0) is 32.3 Å². The van der Waals surface area contributed by atoms with Crippen molar-refractivity contribution in [3.8, 4) is 0 Å². The maximum atomic E-state index is 14.4. The molecule has 0 saturated carbocycles. The number of aldehydes is 1. The lowest BCUT2D eigenvalue weighted by molar-refractivity contribution is -0.104. The Morgan fingerprint density at radius 2 is 2.18 bits per heavy atom. The molecule has 1 aromatic carbocycles. The Hall–Kier alpha value is -1.92. The van der Waals surface area contributed by atoms with E-state index in [1.54, 1.807) is 24.9 Å².